The molecule has 1 aliphatic carbocycles. The Labute approximate surface area is 186 Å². The van der Waals surface area contributed by atoms with E-state index in [9.17, 15) is 36.2 Å². The van der Waals surface area contributed by atoms with Crippen molar-refractivity contribution in [3.05, 3.63) is 35.8 Å². The van der Waals surface area contributed by atoms with Crippen LogP contribution in [0.2, 0.25) is 0 Å². The molecule has 2 N–H and O–H groups in total. The SMILES string of the molecule is CC(O)(COC1CCC(NC(=O)c2cnc3cc(OC(F)F)c(F)cc3c2)CC1)C(F)(F)F.[HH]. The lowest BCUT2D eigenvalue weighted by Crippen LogP contribution is -2.47. The Bertz CT molecular complexity index is 997. The molecular formula is C21H24F6N2O4. The minimum absolute atomic E-state index is 0. The van der Waals surface area contributed by atoms with Crippen LogP contribution < -0.4 is 10.1 Å². The molecule has 1 aromatic carbocycles. The second-order valence-electron chi connectivity index (χ2n) is 8.11. The van der Waals surface area contributed by atoms with Crippen molar-refractivity contribution in [1.82, 2.24) is 10.3 Å². The molecule has 1 atom stereocenters. The molecule has 3 rings (SSSR count). The molecule has 184 valence electrons. The number of benzene rings is 1. The molecule has 1 saturated carbocycles. The fourth-order valence-corrected chi connectivity index (χ4v) is 3.44. The summed E-state index contributed by atoms with van der Waals surface area (Å²) in [6, 6.07) is 3.06. The molecule has 0 aliphatic heterocycles. The zero-order valence-electron chi connectivity index (χ0n) is 17.5. The van der Waals surface area contributed by atoms with Crippen molar-refractivity contribution >= 4 is 16.8 Å². The van der Waals surface area contributed by atoms with Gasteiger partial charge in [-0.1, -0.05) is 0 Å². The fourth-order valence-electron chi connectivity index (χ4n) is 3.44. The van der Waals surface area contributed by atoms with E-state index in [2.05, 4.69) is 15.0 Å². The minimum atomic E-state index is -4.80. The van der Waals surface area contributed by atoms with Crippen molar-refractivity contribution in [3.63, 3.8) is 0 Å². The average Bonchev–Trinajstić information content (AvgIpc) is 2.72. The minimum Gasteiger partial charge on any atom is -0.432 e. The van der Waals surface area contributed by atoms with E-state index in [0.717, 1.165) is 12.1 Å². The number of alkyl halides is 5. The molecule has 1 fully saturated rings. The molecule has 0 spiro atoms. The smallest absolute Gasteiger partial charge is 0.419 e. The number of nitrogens with one attached hydrogen (secondary N) is 1. The van der Waals surface area contributed by atoms with Gasteiger partial charge < -0.3 is 19.9 Å². The van der Waals surface area contributed by atoms with Crippen LogP contribution in [-0.2, 0) is 4.74 Å². The Morgan fingerprint density at radius 2 is 1.91 bits per heavy atom. The van der Waals surface area contributed by atoms with Crippen LogP contribution in [0.1, 0.15) is 44.4 Å². The summed E-state index contributed by atoms with van der Waals surface area (Å²) < 4.78 is 86.0. The van der Waals surface area contributed by atoms with Crippen LogP contribution in [0.15, 0.2) is 24.4 Å². The summed E-state index contributed by atoms with van der Waals surface area (Å²) in [7, 11) is 0. The number of nitrogens with zero attached hydrogens (tertiary/aromatic N) is 1. The van der Waals surface area contributed by atoms with Crippen LogP contribution in [0.4, 0.5) is 26.3 Å². The van der Waals surface area contributed by atoms with Crippen LogP contribution in [-0.4, -0.2) is 53.1 Å². The Morgan fingerprint density at radius 1 is 1.24 bits per heavy atom. The van der Waals surface area contributed by atoms with Gasteiger partial charge in [0, 0.05) is 25.1 Å². The molecule has 1 amide bonds. The van der Waals surface area contributed by atoms with E-state index < -0.39 is 48.6 Å². The highest BCUT2D eigenvalue weighted by molar-refractivity contribution is 5.97. The maximum absolute atomic E-state index is 13.9. The second kappa shape index (κ2) is 9.72. The number of carbonyl (C=O) groups excluding carboxylic acids is 1. The first-order valence-corrected chi connectivity index (χ1v) is 10.1. The lowest BCUT2D eigenvalue weighted by Gasteiger charge is -2.32. The van der Waals surface area contributed by atoms with Gasteiger partial charge in [0.05, 0.1) is 23.8 Å². The number of fused-ring (bicyclic) bond motifs is 1. The Balaban J connectivity index is 0.00000408. The van der Waals surface area contributed by atoms with Gasteiger partial charge in [0.15, 0.2) is 17.2 Å². The first-order valence-electron chi connectivity index (χ1n) is 10.1. The summed E-state index contributed by atoms with van der Waals surface area (Å²) in [4.78, 5) is 16.5. The van der Waals surface area contributed by atoms with Crippen LogP contribution in [0, 0.1) is 5.82 Å². The van der Waals surface area contributed by atoms with Gasteiger partial charge in [-0.3, -0.25) is 9.78 Å². The summed E-state index contributed by atoms with van der Waals surface area (Å²) in [5.41, 5.74) is -2.65. The predicted octanol–water partition coefficient (Wildman–Crippen LogP) is 4.59. The topological polar surface area (TPSA) is 80.7 Å². The van der Waals surface area contributed by atoms with Gasteiger partial charge in [-0.05, 0) is 44.7 Å². The van der Waals surface area contributed by atoms with Crippen molar-refractivity contribution in [2.24, 2.45) is 0 Å². The van der Waals surface area contributed by atoms with E-state index in [1.807, 2.05) is 0 Å². The van der Waals surface area contributed by atoms with Gasteiger partial charge in [0.2, 0.25) is 0 Å². The van der Waals surface area contributed by atoms with Crippen molar-refractivity contribution in [3.8, 4) is 5.75 Å². The third-order valence-electron chi connectivity index (χ3n) is 5.43. The number of aromatic nitrogens is 1. The number of halogens is 6. The molecular weight excluding hydrogens is 458 g/mol. The molecule has 1 unspecified atom stereocenters. The number of hydrogen-bond acceptors (Lipinski definition) is 5. The Kier molecular flexibility index (Phi) is 7.37. The van der Waals surface area contributed by atoms with Crippen LogP contribution >= 0.6 is 0 Å². The molecule has 0 bridgehead atoms. The van der Waals surface area contributed by atoms with Crippen LogP contribution in [0.3, 0.4) is 0 Å². The van der Waals surface area contributed by atoms with Crippen molar-refractivity contribution < 1.29 is 47.1 Å². The first-order chi connectivity index (χ1) is 15.4. The Morgan fingerprint density at radius 3 is 2.52 bits per heavy atom. The lowest BCUT2D eigenvalue weighted by atomic mass is 9.92. The largest absolute Gasteiger partial charge is 0.432 e. The van der Waals surface area contributed by atoms with Gasteiger partial charge in [0.25, 0.3) is 5.91 Å². The zero-order valence-corrected chi connectivity index (χ0v) is 17.5. The van der Waals surface area contributed by atoms with Crippen molar-refractivity contribution in [2.45, 2.75) is 63.1 Å². The standard InChI is InChI=1S/C21H22F6N2O4.H2/c1-20(31,21(25,26)27)10-32-14-4-2-13(3-5-14)29-18(30)12-6-11-7-15(22)17(33-19(23)24)8-16(11)28-9-12;/h6-9,13-14,19,31H,2-5,10H2,1H3,(H,29,30);1H. The van der Waals surface area contributed by atoms with Crippen LogP contribution in [0.5, 0.6) is 5.75 Å². The van der Waals surface area contributed by atoms with Crippen molar-refractivity contribution in [1.29, 1.82) is 0 Å². The van der Waals surface area contributed by atoms with Crippen molar-refractivity contribution in [2.75, 3.05) is 6.61 Å². The highest BCUT2D eigenvalue weighted by Gasteiger charge is 2.50. The molecule has 2 aromatic rings. The van der Waals surface area contributed by atoms with E-state index in [1.54, 1.807) is 0 Å². The third-order valence-corrected chi connectivity index (χ3v) is 5.43. The van der Waals surface area contributed by atoms with Gasteiger partial charge >= 0.3 is 12.8 Å². The normalized spacial score (nSPS) is 21.1. The quantitative estimate of drug-likeness (QED) is 0.565. The van der Waals surface area contributed by atoms with Crippen LogP contribution in [0.25, 0.3) is 10.9 Å². The van der Waals surface area contributed by atoms with Gasteiger partial charge in [-0.25, -0.2) is 4.39 Å². The molecule has 1 aromatic heterocycles. The number of pyridine rings is 1. The highest BCUT2D eigenvalue weighted by Crippen LogP contribution is 2.32. The number of carbonyl (C=O) groups is 1. The molecule has 33 heavy (non-hydrogen) atoms. The van der Waals surface area contributed by atoms with E-state index >= 15 is 0 Å². The third kappa shape index (κ3) is 6.26. The number of hydrogen-bond donors (Lipinski definition) is 2. The molecule has 0 radical (unpaired) electrons. The number of ether oxygens (including phenoxy) is 2. The van der Waals surface area contributed by atoms with E-state index in [-0.39, 0.29) is 23.9 Å². The summed E-state index contributed by atoms with van der Waals surface area (Å²) in [6.07, 6.45) is -2.35. The molecule has 1 heterocycles. The molecule has 0 saturated heterocycles. The number of amides is 1. The van der Waals surface area contributed by atoms with Gasteiger partial charge in [0.1, 0.15) is 0 Å². The van der Waals surface area contributed by atoms with E-state index in [0.29, 0.717) is 32.6 Å². The first kappa shape index (κ1) is 25.0. The Hall–Kier alpha value is -2.60. The summed E-state index contributed by atoms with van der Waals surface area (Å²) in [5, 5.41) is 12.5. The number of aliphatic hydroxyl groups is 1. The summed E-state index contributed by atoms with van der Waals surface area (Å²) >= 11 is 0. The predicted molar refractivity (Wildman–Crippen MR) is 107 cm³/mol. The maximum Gasteiger partial charge on any atom is 0.419 e. The lowest BCUT2D eigenvalue weighted by molar-refractivity contribution is -0.271. The number of rotatable bonds is 7. The molecule has 12 heteroatoms. The fraction of sp³-hybridized carbons (Fsp3) is 0.524. The zero-order chi connectivity index (χ0) is 24.4. The molecule has 6 nitrogen and oxygen atoms in total. The highest BCUT2D eigenvalue weighted by atomic mass is 19.4. The van der Waals surface area contributed by atoms with Gasteiger partial charge in [-0.2, -0.15) is 22.0 Å². The summed E-state index contributed by atoms with van der Waals surface area (Å²) in [6.45, 7) is -3.42. The summed E-state index contributed by atoms with van der Waals surface area (Å²) in [5.74, 6) is -2.16. The average molecular weight is 482 g/mol. The molecule has 1 aliphatic rings. The van der Waals surface area contributed by atoms with Gasteiger partial charge in [-0.15, -0.1) is 0 Å². The van der Waals surface area contributed by atoms with E-state index in [1.165, 1.54) is 12.3 Å². The second-order valence-corrected chi connectivity index (χ2v) is 8.11. The monoisotopic (exact) mass is 482 g/mol. The maximum atomic E-state index is 13.9. The van der Waals surface area contributed by atoms with E-state index in [4.69, 9.17) is 4.74 Å².